The predicted octanol–water partition coefficient (Wildman–Crippen LogP) is 3.28. The first-order valence-electron chi connectivity index (χ1n) is 7.85. The highest BCUT2D eigenvalue weighted by atomic mass is 16.5. The summed E-state index contributed by atoms with van der Waals surface area (Å²) in [5.41, 5.74) is 1.06. The van der Waals surface area contributed by atoms with Crippen LogP contribution in [0, 0.1) is 0 Å². The summed E-state index contributed by atoms with van der Waals surface area (Å²) in [5.74, 6) is 0.457. The zero-order valence-electron chi connectivity index (χ0n) is 14.4. The fraction of sp³-hybridized carbons (Fsp3) is 0.263. The Bertz CT molecular complexity index is 725. The van der Waals surface area contributed by atoms with Crippen molar-refractivity contribution in [3.05, 3.63) is 54.1 Å². The van der Waals surface area contributed by atoms with Gasteiger partial charge in [-0.2, -0.15) is 0 Å². The van der Waals surface area contributed by atoms with E-state index in [0.29, 0.717) is 22.7 Å². The first-order chi connectivity index (χ1) is 12.0. The Morgan fingerprint density at radius 1 is 1.04 bits per heavy atom. The van der Waals surface area contributed by atoms with Crippen LogP contribution in [-0.2, 0) is 9.53 Å². The smallest absolute Gasteiger partial charge is 0.338 e. The summed E-state index contributed by atoms with van der Waals surface area (Å²) < 4.78 is 15.6. The third kappa shape index (κ3) is 5.84. The summed E-state index contributed by atoms with van der Waals surface area (Å²) >= 11 is 0. The molecule has 1 amide bonds. The van der Waals surface area contributed by atoms with Gasteiger partial charge in [0.25, 0.3) is 5.91 Å². The van der Waals surface area contributed by atoms with Crippen LogP contribution >= 0.6 is 0 Å². The number of hydrogen-bond donors (Lipinski definition) is 1. The van der Waals surface area contributed by atoms with E-state index < -0.39 is 5.97 Å². The van der Waals surface area contributed by atoms with E-state index in [1.807, 2.05) is 0 Å². The minimum absolute atomic E-state index is 0.146. The van der Waals surface area contributed by atoms with Gasteiger partial charge in [0, 0.05) is 11.8 Å². The quantitative estimate of drug-likeness (QED) is 0.781. The van der Waals surface area contributed by atoms with E-state index in [1.165, 1.54) is 0 Å². The molecule has 0 aliphatic heterocycles. The van der Waals surface area contributed by atoms with E-state index in [9.17, 15) is 9.59 Å². The summed E-state index contributed by atoms with van der Waals surface area (Å²) in [6, 6.07) is 13.5. The third-order valence-electron chi connectivity index (χ3n) is 3.16. The molecule has 0 atom stereocenters. The molecule has 6 nitrogen and oxygen atoms in total. The number of nitrogens with one attached hydrogen (secondary N) is 1. The third-order valence-corrected chi connectivity index (χ3v) is 3.16. The maximum Gasteiger partial charge on any atom is 0.338 e. The Morgan fingerprint density at radius 3 is 2.40 bits per heavy atom. The Morgan fingerprint density at radius 2 is 1.76 bits per heavy atom. The molecule has 2 rings (SSSR count). The van der Waals surface area contributed by atoms with Crippen molar-refractivity contribution in [3.8, 4) is 11.5 Å². The fourth-order valence-corrected chi connectivity index (χ4v) is 2.02. The van der Waals surface area contributed by atoms with Gasteiger partial charge in [-0.25, -0.2) is 4.79 Å². The van der Waals surface area contributed by atoms with Crippen LogP contribution in [0.4, 0.5) is 5.69 Å². The molecule has 0 radical (unpaired) electrons. The second-order valence-electron chi connectivity index (χ2n) is 5.55. The number of carbonyl (C=O) groups excluding carboxylic acids is 2. The number of benzene rings is 2. The van der Waals surface area contributed by atoms with Crippen LogP contribution in [0.1, 0.15) is 24.2 Å². The highest BCUT2D eigenvalue weighted by Gasteiger charge is 2.10. The van der Waals surface area contributed by atoms with E-state index in [2.05, 4.69) is 5.32 Å². The van der Waals surface area contributed by atoms with Crippen LogP contribution in [-0.4, -0.2) is 31.7 Å². The fourth-order valence-electron chi connectivity index (χ4n) is 2.02. The molecule has 2 aromatic rings. The molecule has 0 spiro atoms. The standard InChI is InChI=1S/C19H21NO5/c1-13(2)25-19(22)14-7-9-16(10-8-14)24-12-18(21)20-15-5-4-6-17(11-15)23-3/h4-11,13H,12H2,1-3H3,(H,20,21). The Kier molecular flexibility index (Phi) is 6.39. The van der Waals surface area contributed by atoms with Crippen molar-refractivity contribution >= 4 is 17.6 Å². The van der Waals surface area contributed by atoms with E-state index in [1.54, 1.807) is 69.5 Å². The Balaban J connectivity index is 1.86. The number of hydrogen-bond acceptors (Lipinski definition) is 5. The molecule has 0 aliphatic carbocycles. The lowest BCUT2D eigenvalue weighted by Crippen LogP contribution is -2.20. The number of amides is 1. The van der Waals surface area contributed by atoms with Gasteiger partial charge in [-0.3, -0.25) is 4.79 Å². The lowest BCUT2D eigenvalue weighted by molar-refractivity contribution is -0.118. The van der Waals surface area contributed by atoms with Gasteiger partial charge in [-0.15, -0.1) is 0 Å². The van der Waals surface area contributed by atoms with Crippen molar-refractivity contribution in [1.29, 1.82) is 0 Å². The van der Waals surface area contributed by atoms with Crippen molar-refractivity contribution in [3.63, 3.8) is 0 Å². The Labute approximate surface area is 146 Å². The number of anilines is 1. The predicted molar refractivity (Wildman–Crippen MR) is 94.1 cm³/mol. The second-order valence-corrected chi connectivity index (χ2v) is 5.55. The average Bonchev–Trinajstić information content (AvgIpc) is 2.60. The molecule has 132 valence electrons. The lowest BCUT2D eigenvalue weighted by Gasteiger charge is -2.10. The number of methoxy groups -OCH3 is 1. The van der Waals surface area contributed by atoms with Crippen molar-refractivity contribution in [2.24, 2.45) is 0 Å². The van der Waals surface area contributed by atoms with E-state index in [-0.39, 0.29) is 18.6 Å². The summed E-state index contributed by atoms with van der Waals surface area (Å²) in [7, 11) is 1.56. The molecular formula is C19H21NO5. The van der Waals surface area contributed by atoms with Crippen molar-refractivity contribution < 1.29 is 23.8 Å². The second kappa shape index (κ2) is 8.73. The SMILES string of the molecule is COc1cccc(NC(=O)COc2ccc(C(=O)OC(C)C)cc2)c1. The summed E-state index contributed by atoms with van der Waals surface area (Å²) in [5, 5.41) is 2.72. The minimum Gasteiger partial charge on any atom is -0.497 e. The Hall–Kier alpha value is -3.02. The number of esters is 1. The van der Waals surface area contributed by atoms with Crippen molar-refractivity contribution in [2.75, 3.05) is 19.0 Å². The van der Waals surface area contributed by atoms with Gasteiger partial charge >= 0.3 is 5.97 Å². The minimum atomic E-state index is -0.391. The zero-order chi connectivity index (χ0) is 18.2. The maximum atomic E-state index is 11.9. The molecule has 0 unspecified atom stereocenters. The largest absolute Gasteiger partial charge is 0.497 e. The molecule has 0 saturated heterocycles. The van der Waals surface area contributed by atoms with Gasteiger partial charge in [-0.1, -0.05) is 6.07 Å². The molecule has 0 saturated carbocycles. The first-order valence-corrected chi connectivity index (χ1v) is 7.85. The van der Waals surface area contributed by atoms with Gasteiger partial charge in [-0.05, 0) is 50.2 Å². The first kappa shape index (κ1) is 18.3. The van der Waals surface area contributed by atoms with Crippen LogP contribution in [0.5, 0.6) is 11.5 Å². The van der Waals surface area contributed by atoms with Crippen LogP contribution in [0.15, 0.2) is 48.5 Å². The zero-order valence-corrected chi connectivity index (χ0v) is 14.4. The molecule has 0 bridgehead atoms. The molecule has 0 heterocycles. The van der Waals surface area contributed by atoms with Crippen molar-refractivity contribution in [1.82, 2.24) is 0 Å². The molecule has 0 aliphatic rings. The summed E-state index contributed by atoms with van der Waals surface area (Å²) in [6.45, 7) is 3.43. The number of rotatable bonds is 7. The van der Waals surface area contributed by atoms with Crippen LogP contribution in [0.25, 0.3) is 0 Å². The molecule has 6 heteroatoms. The average molecular weight is 343 g/mol. The van der Waals surface area contributed by atoms with Crippen molar-refractivity contribution in [2.45, 2.75) is 20.0 Å². The van der Waals surface area contributed by atoms with Crippen LogP contribution < -0.4 is 14.8 Å². The van der Waals surface area contributed by atoms with Gasteiger partial charge in [0.1, 0.15) is 11.5 Å². The molecular weight excluding hydrogens is 322 g/mol. The normalized spacial score (nSPS) is 10.2. The summed E-state index contributed by atoms with van der Waals surface area (Å²) in [6.07, 6.45) is -0.177. The molecule has 2 aromatic carbocycles. The number of ether oxygens (including phenoxy) is 3. The van der Waals surface area contributed by atoms with Gasteiger partial charge in [0.2, 0.25) is 0 Å². The lowest BCUT2D eigenvalue weighted by atomic mass is 10.2. The maximum absolute atomic E-state index is 11.9. The van der Waals surface area contributed by atoms with Crippen LogP contribution in [0.3, 0.4) is 0 Å². The summed E-state index contributed by atoms with van der Waals surface area (Å²) in [4.78, 5) is 23.7. The van der Waals surface area contributed by atoms with E-state index in [0.717, 1.165) is 0 Å². The van der Waals surface area contributed by atoms with Gasteiger partial charge in [0.05, 0.1) is 18.8 Å². The monoisotopic (exact) mass is 343 g/mol. The van der Waals surface area contributed by atoms with E-state index in [4.69, 9.17) is 14.2 Å². The number of carbonyl (C=O) groups is 2. The molecule has 1 N–H and O–H groups in total. The molecule has 0 fully saturated rings. The van der Waals surface area contributed by atoms with Crippen LogP contribution in [0.2, 0.25) is 0 Å². The van der Waals surface area contributed by atoms with Gasteiger partial charge < -0.3 is 19.5 Å². The highest BCUT2D eigenvalue weighted by Crippen LogP contribution is 2.17. The highest BCUT2D eigenvalue weighted by molar-refractivity contribution is 5.92. The van der Waals surface area contributed by atoms with Gasteiger partial charge in [0.15, 0.2) is 6.61 Å². The topological polar surface area (TPSA) is 73.9 Å². The molecule has 0 aromatic heterocycles. The van der Waals surface area contributed by atoms with E-state index >= 15 is 0 Å². The molecule has 25 heavy (non-hydrogen) atoms.